The van der Waals surface area contributed by atoms with Gasteiger partial charge < -0.3 is 10.8 Å². The third kappa shape index (κ3) is 6.08. The van der Waals surface area contributed by atoms with Crippen LogP contribution in [0.15, 0.2) is 0 Å². The number of nitrogens with two attached hydrogens (primary N) is 1. The van der Waals surface area contributed by atoms with Crippen LogP contribution in [0.2, 0.25) is 0 Å². The summed E-state index contributed by atoms with van der Waals surface area (Å²) in [6.45, 7) is 8.54. The maximum absolute atomic E-state index is 12.4. The fourth-order valence-corrected chi connectivity index (χ4v) is 4.05. The largest absolute Gasteiger partial charge is 0.478 e. The summed E-state index contributed by atoms with van der Waals surface area (Å²) >= 11 is 0. The molecule has 1 rings (SSSR count). The number of carbonyl (C=O) groups is 2. The Bertz CT molecular complexity index is 608. The van der Waals surface area contributed by atoms with E-state index in [1.165, 1.54) is 11.1 Å². The highest BCUT2D eigenvalue weighted by Crippen LogP contribution is 2.33. The van der Waals surface area contributed by atoms with Crippen molar-refractivity contribution in [3.8, 4) is 0 Å². The fraction of sp³-hybridized carbons (Fsp3) is 0.667. The summed E-state index contributed by atoms with van der Waals surface area (Å²) in [5.41, 5.74) is 10.4. The van der Waals surface area contributed by atoms with Crippen molar-refractivity contribution in [1.29, 1.82) is 0 Å². The first-order chi connectivity index (χ1) is 13.4. The number of hydrogen-bond donors (Lipinski definition) is 2. The van der Waals surface area contributed by atoms with Crippen LogP contribution in [-0.4, -0.2) is 17.0 Å². The number of carboxylic acid groups (broad SMARTS) is 1. The SMILES string of the molecule is CCCCc1c(CCCC)c(CCCC)c(C(=O)O)c(C(N)=O)c1CCCC. The number of aromatic carboxylic acids is 1. The van der Waals surface area contributed by atoms with Crippen LogP contribution in [0.25, 0.3) is 0 Å². The first-order valence-electron chi connectivity index (χ1n) is 11.2. The minimum atomic E-state index is -1.02. The smallest absolute Gasteiger partial charge is 0.336 e. The van der Waals surface area contributed by atoms with E-state index in [9.17, 15) is 14.7 Å². The van der Waals surface area contributed by atoms with Crippen molar-refractivity contribution in [3.05, 3.63) is 33.4 Å². The zero-order chi connectivity index (χ0) is 21.1. The first kappa shape index (κ1) is 24.2. The van der Waals surface area contributed by atoms with Gasteiger partial charge in [-0.15, -0.1) is 0 Å². The van der Waals surface area contributed by atoms with Gasteiger partial charge in [0.05, 0.1) is 11.1 Å². The van der Waals surface area contributed by atoms with Gasteiger partial charge in [0.25, 0.3) is 0 Å². The lowest BCUT2D eigenvalue weighted by Crippen LogP contribution is -2.24. The molecule has 4 nitrogen and oxygen atoms in total. The van der Waals surface area contributed by atoms with Crippen LogP contribution in [0.5, 0.6) is 0 Å². The summed E-state index contributed by atoms with van der Waals surface area (Å²) in [6, 6.07) is 0. The second-order valence-electron chi connectivity index (χ2n) is 7.75. The Morgan fingerprint density at radius 3 is 1.25 bits per heavy atom. The highest BCUT2D eigenvalue weighted by atomic mass is 16.4. The summed E-state index contributed by atoms with van der Waals surface area (Å²) in [4.78, 5) is 24.7. The van der Waals surface area contributed by atoms with E-state index in [2.05, 4.69) is 27.7 Å². The highest BCUT2D eigenvalue weighted by molar-refractivity contribution is 6.07. The van der Waals surface area contributed by atoms with Crippen molar-refractivity contribution in [2.75, 3.05) is 0 Å². The van der Waals surface area contributed by atoms with Crippen molar-refractivity contribution in [1.82, 2.24) is 0 Å². The molecular formula is C24H39NO3. The van der Waals surface area contributed by atoms with Gasteiger partial charge in [-0.1, -0.05) is 53.4 Å². The molecule has 0 radical (unpaired) electrons. The molecule has 1 amide bonds. The summed E-state index contributed by atoms with van der Waals surface area (Å²) in [5.74, 6) is -1.61. The summed E-state index contributed by atoms with van der Waals surface area (Å²) < 4.78 is 0. The standard InChI is InChI=1S/C24H39NO3/c1-5-9-13-17-18(14-10-6-2)20(16-12-8-4)22(24(27)28)21(23(25)26)19(17)15-11-7-3/h5-16H2,1-4H3,(H2,25,26)(H,27,28). The Labute approximate surface area is 170 Å². The van der Waals surface area contributed by atoms with Crippen LogP contribution in [-0.2, 0) is 25.7 Å². The molecule has 28 heavy (non-hydrogen) atoms. The molecule has 0 spiro atoms. The molecule has 0 aliphatic rings. The number of hydrogen-bond acceptors (Lipinski definition) is 2. The van der Waals surface area contributed by atoms with Gasteiger partial charge in [0.1, 0.15) is 0 Å². The number of amides is 1. The molecule has 0 unspecified atom stereocenters. The van der Waals surface area contributed by atoms with Crippen LogP contribution in [0.4, 0.5) is 0 Å². The van der Waals surface area contributed by atoms with Crippen molar-refractivity contribution in [2.45, 2.75) is 105 Å². The van der Waals surface area contributed by atoms with Crippen molar-refractivity contribution >= 4 is 11.9 Å². The molecule has 158 valence electrons. The highest BCUT2D eigenvalue weighted by Gasteiger charge is 2.28. The molecular weight excluding hydrogens is 350 g/mol. The normalized spacial score (nSPS) is 11.0. The maximum atomic E-state index is 12.4. The van der Waals surface area contributed by atoms with Crippen molar-refractivity contribution in [3.63, 3.8) is 0 Å². The minimum Gasteiger partial charge on any atom is -0.478 e. The van der Waals surface area contributed by atoms with Gasteiger partial charge in [0, 0.05) is 0 Å². The fourth-order valence-electron chi connectivity index (χ4n) is 4.05. The van der Waals surface area contributed by atoms with Gasteiger partial charge >= 0.3 is 5.97 Å². The summed E-state index contributed by atoms with van der Waals surface area (Å²) in [5, 5.41) is 10.1. The molecule has 0 saturated heterocycles. The molecule has 1 aromatic carbocycles. The molecule has 0 aliphatic carbocycles. The van der Waals surface area contributed by atoms with Gasteiger partial charge in [-0.05, 0) is 73.6 Å². The van der Waals surface area contributed by atoms with Crippen LogP contribution < -0.4 is 5.73 Å². The molecule has 4 heteroatoms. The van der Waals surface area contributed by atoms with Crippen LogP contribution in [0.3, 0.4) is 0 Å². The van der Waals surface area contributed by atoms with Crippen LogP contribution in [0.1, 0.15) is 122 Å². The third-order valence-corrected chi connectivity index (χ3v) is 5.53. The number of rotatable bonds is 14. The number of carboxylic acids is 1. The van der Waals surface area contributed by atoms with Crippen molar-refractivity contribution in [2.24, 2.45) is 5.73 Å². The number of primary amides is 1. The first-order valence-corrected chi connectivity index (χ1v) is 11.2. The Balaban J connectivity index is 3.89. The summed E-state index contributed by atoms with van der Waals surface area (Å²) in [7, 11) is 0. The van der Waals surface area contributed by atoms with Gasteiger partial charge in [-0.3, -0.25) is 4.79 Å². The lowest BCUT2D eigenvalue weighted by molar-refractivity contribution is 0.0690. The second kappa shape index (κ2) is 12.6. The molecule has 0 saturated carbocycles. The maximum Gasteiger partial charge on any atom is 0.336 e. The minimum absolute atomic E-state index is 0.179. The average molecular weight is 390 g/mol. The van der Waals surface area contributed by atoms with Gasteiger partial charge in [-0.2, -0.15) is 0 Å². The molecule has 0 bridgehead atoms. The van der Waals surface area contributed by atoms with E-state index < -0.39 is 11.9 Å². The lowest BCUT2D eigenvalue weighted by Gasteiger charge is -2.25. The topological polar surface area (TPSA) is 80.4 Å². The Morgan fingerprint density at radius 1 is 0.643 bits per heavy atom. The Morgan fingerprint density at radius 2 is 0.964 bits per heavy atom. The number of unbranched alkanes of at least 4 members (excludes halogenated alkanes) is 4. The third-order valence-electron chi connectivity index (χ3n) is 5.53. The van der Waals surface area contributed by atoms with E-state index >= 15 is 0 Å². The van der Waals surface area contributed by atoms with Gasteiger partial charge in [0.15, 0.2) is 0 Å². The van der Waals surface area contributed by atoms with E-state index in [1.807, 2.05) is 0 Å². The zero-order valence-corrected chi connectivity index (χ0v) is 18.3. The van der Waals surface area contributed by atoms with Gasteiger partial charge in [-0.25, -0.2) is 4.79 Å². The van der Waals surface area contributed by atoms with E-state index in [1.54, 1.807) is 0 Å². The molecule has 0 aliphatic heterocycles. The number of carbonyl (C=O) groups excluding carboxylic acids is 1. The molecule has 0 fully saturated rings. The zero-order valence-electron chi connectivity index (χ0n) is 18.3. The number of benzene rings is 1. The van der Waals surface area contributed by atoms with E-state index in [4.69, 9.17) is 5.73 Å². The van der Waals surface area contributed by atoms with Gasteiger partial charge in [0.2, 0.25) is 5.91 Å². The van der Waals surface area contributed by atoms with Crippen molar-refractivity contribution < 1.29 is 14.7 Å². The van der Waals surface area contributed by atoms with E-state index in [-0.39, 0.29) is 11.1 Å². The predicted octanol–water partition coefficient (Wildman–Crippen LogP) is 5.85. The molecule has 3 N–H and O–H groups in total. The predicted molar refractivity (Wildman–Crippen MR) is 116 cm³/mol. The van der Waals surface area contributed by atoms with E-state index in [0.717, 1.165) is 81.8 Å². The van der Waals surface area contributed by atoms with E-state index in [0.29, 0.717) is 6.42 Å². The second-order valence-corrected chi connectivity index (χ2v) is 7.75. The molecule has 0 heterocycles. The monoisotopic (exact) mass is 389 g/mol. The van der Waals surface area contributed by atoms with Crippen LogP contribution in [0, 0.1) is 0 Å². The molecule has 1 aromatic rings. The Hall–Kier alpha value is -1.84. The lowest BCUT2D eigenvalue weighted by atomic mass is 9.79. The van der Waals surface area contributed by atoms with Crippen LogP contribution >= 0.6 is 0 Å². The molecule has 0 aromatic heterocycles. The average Bonchev–Trinajstić information content (AvgIpc) is 2.66. The Kier molecular flexibility index (Phi) is 10.9. The molecule has 0 atom stereocenters. The summed E-state index contributed by atoms with van der Waals surface area (Å²) in [6.07, 6.45) is 11.2. The quantitative estimate of drug-likeness (QED) is 0.418.